The van der Waals surface area contributed by atoms with Gasteiger partial charge in [-0.25, -0.2) is 0 Å². The van der Waals surface area contributed by atoms with Gasteiger partial charge in [-0.1, -0.05) is 48.8 Å². The number of nitrogens with zero attached hydrogens (tertiary/aromatic N) is 1. The highest BCUT2D eigenvalue weighted by Gasteiger charge is 2.30. The Morgan fingerprint density at radius 1 is 1.25 bits per heavy atom. The maximum Gasteiger partial charge on any atom is 0.0243 e. The Morgan fingerprint density at radius 3 is 2.50 bits per heavy atom. The van der Waals surface area contributed by atoms with Gasteiger partial charge < -0.3 is 5.32 Å². The Bertz CT molecular complexity index is 422. The lowest BCUT2D eigenvalue weighted by molar-refractivity contribution is 0.157. The SMILES string of the molecule is CC1CCNC(C(C)(C)C)CN1Cc1ccc(Br)cc1. The fourth-order valence-electron chi connectivity index (χ4n) is 2.75. The van der Waals surface area contributed by atoms with E-state index in [1.54, 1.807) is 0 Å². The number of halogens is 1. The van der Waals surface area contributed by atoms with Crippen molar-refractivity contribution in [1.82, 2.24) is 10.2 Å². The van der Waals surface area contributed by atoms with Crippen molar-refractivity contribution in [3.8, 4) is 0 Å². The van der Waals surface area contributed by atoms with E-state index in [1.165, 1.54) is 12.0 Å². The van der Waals surface area contributed by atoms with Gasteiger partial charge in [-0.3, -0.25) is 4.90 Å². The molecule has 2 nitrogen and oxygen atoms in total. The van der Waals surface area contributed by atoms with Crippen molar-refractivity contribution in [2.75, 3.05) is 13.1 Å². The largest absolute Gasteiger partial charge is 0.312 e. The summed E-state index contributed by atoms with van der Waals surface area (Å²) in [5, 5.41) is 3.73. The summed E-state index contributed by atoms with van der Waals surface area (Å²) in [5.74, 6) is 0. The molecule has 0 radical (unpaired) electrons. The number of benzene rings is 1. The van der Waals surface area contributed by atoms with Crippen LogP contribution in [0.1, 0.15) is 39.7 Å². The molecule has 0 saturated carbocycles. The third-order valence-electron chi connectivity index (χ3n) is 4.34. The molecular formula is C17H27BrN2. The van der Waals surface area contributed by atoms with Crippen LogP contribution in [0, 0.1) is 5.41 Å². The zero-order chi connectivity index (χ0) is 14.8. The van der Waals surface area contributed by atoms with Crippen molar-refractivity contribution >= 4 is 15.9 Å². The van der Waals surface area contributed by atoms with Crippen molar-refractivity contribution in [3.63, 3.8) is 0 Å². The molecule has 2 atom stereocenters. The zero-order valence-corrected chi connectivity index (χ0v) is 14.7. The van der Waals surface area contributed by atoms with Gasteiger partial charge in [-0.2, -0.15) is 0 Å². The first kappa shape index (κ1) is 16.0. The normalized spacial score (nSPS) is 25.4. The van der Waals surface area contributed by atoms with Crippen molar-refractivity contribution in [1.29, 1.82) is 0 Å². The molecule has 1 aromatic rings. The Morgan fingerprint density at radius 2 is 1.90 bits per heavy atom. The van der Waals surface area contributed by atoms with Crippen LogP contribution in [0.2, 0.25) is 0 Å². The molecule has 0 spiro atoms. The molecule has 1 aliphatic heterocycles. The van der Waals surface area contributed by atoms with E-state index in [4.69, 9.17) is 0 Å². The lowest BCUT2D eigenvalue weighted by Gasteiger charge is -2.35. The van der Waals surface area contributed by atoms with Gasteiger partial charge in [0.05, 0.1) is 0 Å². The summed E-state index contributed by atoms with van der Waals surface area (Å²) in [6.07, 6.45) is 1.23. The zero-order valence-electron chi connectivity index (χ0n) is 13.1. The van der Waals surface area contributed by atoms with Crippen LogP contribution in [0.3, 0.4) is 0 Å². The van der Waals surface area contributed by atoms with Crippen LogP contribution in [-0.4, -0.2) is 30.1 Å². The quantitative estimate of drug-likeness (QED) is 0.875. The van der Waals surface area contributed by atoms with Crippen molar-refractivity contribution < 1.29 is 0 Å². The molecule has 1 aromatic carbocycles. The maximum absolute atomic E-state index is 3.73. The third-order valence-corrected chi connectivity index (χ3v) is 4.87. The summed E-state index contributed by atoms with van der Waals surface area (Å²) in [4.78, 5) is 2.62. The average Bonchev–Trinajstić information content (AvgIpc) is 2.55. The second kappa shape index (κ2) is 6.59. The van der Waals surface area contributed by atoms with Gasteiger partial charge in [0.25, 0.3) is 0 Å². The third kappa shape index (κ3) is 4.31. The van der Waals surface area contributed by atoms with E-state index in [2.05, 4.69) is 78.1 Å². The molecule has 2 unspecified atom stereocenters. The molecule has 1 aliphatic rings. The smallest absolute Gasteiger partial charge is 0.0243 e. The molecule has 0 bridgehead atoms. The van der Waals surface area contributed by atoms with Crippen LogP contribution in [0.5, 0.6) is 0 Å². The minimum Gasteiger partial charge on any atom is -0.312 e. The molecule has 0 aliphatic carbocycles. The van der Waals surface area contributed by atoms with Gasteiger partial charge in [-0.15, -0.1) is 0 Å². The van der Waals surface area contributed by atoms with Crippen molar-refractivity contribution in [2.24, 2.45) is 5.41 Å². The van der Waals surface area contributed by atoms with E-state index in [-0.39, 0.29) is 0 Å². The highest BCUT2D eigenvalue weighted by Crippen LogP contribution is 2.24. The Balaban J connectivity index is 2.08. The standard InChI is InChI=1S/C17H27BrN2/c1-13-9-10-19-16(17(2,3)4)12-20(13)11-14-5-7-15(18)8-6-14/h5-8,13,16,19H,9-12H2,1-4H3. The molecule has 0 amide bonds. The first-order valence-corrected chi connectivity index (χ1v) is 8.37. The second-order valence-electron chi connectivity index (χ2n) is 7.07. The summed E-state index contributed by atoms with van der Waals surface area (Å²) in [5.41, 5.74) is 1.71. The molecule has 112 valence electrons. The molecule has 2 rings (SSSR count). The first-order valence-electron chi connectivity index (χ1n) is 7.58. The number of hydrogen-bond acceptors (Lipinski definition) is 2. The molecule has 20 heavy (non-hydrogen) atoms. The van der Waals surface area contributed by atoms with Gasteiger partial charge >= 0.3 is 0 Å². The Kier molecular flexibility index (Phi) is 5.27. The van der Waals surface area contributed by atoms with E-state index in [0.29, 0.717) is 17.5 Å². The molecule has 1 heterocycles. The van der Waals surface area contributed by atoms with E-state index in [0.717, 1.165) is 24.1 Å². The highest BCUT2D eigenvalue weighted by atomic mass is 79.9. The minimum atomic E-state index is 0.308. The van der Waals surface area contributed by atoms with Crippen molar-refractivity contribution in [3.05, 3.63) is 34.3 Å². The Labute approximate surface area is 132 Å². The lowest BCUT2D eigenvalue weighted by Crippen LogP contribution is -2.47. The Hall–Kier alpha value is -0.380. The number of rotatable bonds is 2. The highest BCUT2D eigenvalue weighted by molar-refractivity contribution is 9.10. The first-order chi connectivity index (χ1) is 9.36. The second-order valence-corrected chi connectivity index (χ2v) is 7.98. The van der Waals surface area contributed by atoms with Crippen LogP contribution < -0.4 is 5.32 Å². The van der Waals surface area contributed by atoms with Gasteiger partial charge in [0.15, 0.2) is 0 Å². The summed E-state index contributed by atoms with van der Waals surface area (Å²) >= 11 is 3.51. The van der Waals surface area contributed by atoms with E-state index < -0.39 is 0 Å². The molecule has 3 heteroatoms. The predicted molar refractivity (Wildman–Crippen MR) is 89.9 cm³/mol. The maximum atomic E-state index is 3.73. The van der Waals surface area contributed by atoms with E-state index in [9.17, 15) is 0 Å². The van der Waals surface area contributed by atoms with Crippen LogP contribution in [-0.2, 0) is 6.54 Å². The summed E-state index contributed by atoms with van der Waals surface area (Å²) < 4.78 is 1.15. The topological polar surface area (TPSA) is 15.3 Å². The summed E-state index contributed by atoms with van der Waals surface area (Å²) in [7, 11) is 0. The van der Waals surface area contributed by atoms with Crippen LogP contribution in [0.15, 0.2) is 28.7 Å². The summed E-state index contributed by atoms with van der Waals surface area (Å²) in [6, 6.07) is 9.92. The monoisotopic (exact) mass is 338 g/mol. The van der Waals surface area contributed by atoms with Crippen LogP contribution >= 0.6 is 15.9 Å². The van der Waals surface area contributed by atoms with Crippen molar-refractivity contribution in [2.45, 2.75) is 52.7 Å². The molecule has 1 saturated heterocycles. The van der Waals surface area contributed by atoms with Gasteiger partial charge in [0.2, 0.25) is 0 Å². The number of hydrogen-bond donors (Lipinski definition) is 1. The fourth-order valence-corrected chi connectivity index (χ4v) is 3.02. The number of nitrogens with one attached hydrogen (secondary N) is 1. The van der Waals surface area contributed by atoms with E-state index >= 15 is 0 Å². The van der Waals surface area contributed by atoms with Gasteiger partial charge in [-0.05, 0) is 43.0 Å². The lowest BCUT2D eigenvalue weighted by atomic mass is 9.86. The molecule has 1 fully saturated rings. The predicted octanol–water partition coefficient (Wildman–Crippen LogP) is 4.05. The average molecular weight is 339 g/mol. The minimum absolute atomic E-state index is 0.308. The molecule has 1 N–H and O–H groups in total. The fraction of sp³-hybridized carbons (Fsp3) is 0.647. The summed E-state index contributed by atoms with van der Waals surface area (Å²) in [6.45, 7) is 12.6. The van der Waals surface area contributed by atoms with Crippen LogP contribution in [0.25, 0.3) is 0 Å². The molecular weight excluding hydrogens is 312 g/mol. The van der Waals surface area contributed by atoms with Gasteiger partial charge in [0.1, 0.15) is 0 Å². The molecule has 0 aromatic heterocycles. The van der Waals surface area contributed by atoms with Crippen LogP contribution in [0.4, 0.5) is 0 Å². The van der Waals surface area contributed by atoms with E-state index in [1.807, 2.05) is 0 Å². The van der Waals surface area contributed by atoms with Gasteiger partial charge in [0, 0.05) is 29.6 Å².